The Labute approximate surface area is 284 Å². The van der Waals surface area contributed by atoms with E-state index in [0.29, 0.717) is 6.42 Å². The maximum absolute atomic E-state index is 12.6. The summed E-state index contributed by atoms with van der Waals surface area (Å²) in [6.45, 7) is 4.42. The molecule has 0 aliphatic rings. The molecule has 0 amide bonds. The Bertz CT molecular complexity index is 820. The minimum absolute atomic E-state index is 0.0108. The van der Waals surface area contributed by atoms with Gasteiger partial charge in [-0.25, -0.2) is 0 Å². The molecule has 4 nitrogen and oxygen atoms in total. The molecule has 1 unspecified atom stereocenters. The summed E-state index contributed by atoms with van der Waals surface area (Å²) in [5, 5.41) is 8.81. The Hall–Kier alpha value is -2.36. The number of carbonyl (C=O) groups excluding carboxylic acids is 1. The molecule has 0 aliphatic carbocycles. The maximum atomic E-state index is 12.6. The summed E-state index contributed by atoms with van der Waals surface area (Å²) in [5.74, 6) is -0.747. The summed E-state index contributed by atoms with van der Waals surface area (Å²) in [7, 11) is 0. The van der Waals surface area contributed by atoms with Crippen LogP contribution < -0.4 is 0 Å². The Morgan fingerprint density at radius 3 is 1.52 bits per heavy atom. The predicted octanol–water partition coefficient (Wildman–Crippen LogP) is 13.3. The smallest absolute Gasteiger partial charge is 0.306 e. The van der Waals surface area contributed by atoms with Gasteiger partial charge in [-0.1, -0.05) is 139 Å². The van der Waals surface area contributed by atoms with Crippen LogP contribution in [0.4, 0.5) is 0 Å². The molecule has 0 bridgehead atoms. The second-order valence-electron chi connectivity index (χ2n) is 12.7. The van der Waals surface area contributed by atoms with Gasteiger partial charge in [-0.3, -0.25) is 9.59 Å². The molecular weight excluding hydrogens is 568 g/mol. The lowest BCUT2D eigenvalue weighted by atomic mass is 10.0. The lowest BCUT2D eigenvalue weighted by Crippen LogP contribution is -2.18. The number of ether oxygens (including phenoxy) is 1. The van der Waals surface area contributed by atoms with Crippen molar-refractivity contribution in [3.63, 3.8) is 0 Å². The fraction of sp³-hybridized carbons (Fsp3) is 0.714. The molecule has 1 atom stereocenters. The van der Waals surface area contributed by atoms with Crippen molar-refractivity contribution >= 4 is 11.9 Å². The largest absolute Gasteiger partial charge is 0.481 e. The van der Waals surface area contributed by atoms with Gasteiger partial charge in [0.1, 0.15) is 6.10 Å². The van der Waals surface area contributed by atoms with Crippen LogP contribution >= 0.6 is 0 Å². The molecular formula is C42H72O4. The van der Waals surface area contributed by atoms with Crippen LogP contribution in [0, 0.1) is 0 Å². The van der Waals surface area contributed by atoms with Crippen LogP contribution in [0.15, 0.2) is 60.8 Å². The van der Waals surface area contributed by atoms with E-state index >= 15 is 0 Å². The Kier molecular flexibility index (Phi) is 35.2. The first-order valence-electron chi connectivity index (χ1n) is 19.3. The fourth-order valence-corrected chi connectivity index (χ4v) is 5.41. The van der Waals surface area contributed by atoms with Crippen LogP contribution in [-0.4, -0.2) is 23.1 Å². The summed E-state index contributed by atoms with van der Waals surface area (Å²) in [5.41, 5.74) is 0. The normalized spacial score (nSPS) is 12.9. The van der Waals surface area contributed by atoms with Gasteiger partial charge in [0.15, 0.2) is 0 Å². The summed E-state index contributed by atoms with van der Waals surface area (Å²) in [4.78, 5) is 23.3. The molecule has 264 valence electrons. The van der Waals surface area contributed by atoms with E-state index in [-0.39, 0.29) is 18.5 Å². The van der Waals surface area contributed by atoms with Crippen molar-refractivity contribution < 1.29 is 19.4 Å². The molecule has 0 saturated carbocycles. The zero-order valence-corrected chi connectivity index (χ0v) is 30.1. The molecule has 0 aromatic carbocycles. The zero-order chi connectivity index (χ0) is 33.6. The number of carboxylic acid groups (broad SMARTS) is 1. The van der Waals surface area contributed by atoms with Crippen molar-refractivity contribution in [2.45, 2.75) is 193 Å². The molecule has 0 heterocycles. The van der Waals surface area contributed by atoms with Crippen LogP contribution in [-0.2, 0) is 14.3 Å². The summed E-state index contributed by atoms with van der Waals surface area (Å²) < 4.78 is 5.96. The van der Waals surface area contributed by atoms with E-state index in [1.807, 2.05) is 0 Å². The third kappa shape index (κ3) is 36.1. The SMILES string of the molecule is CC/C=C\C/C=C\C/C=C\C/C=C\CCCCCCC(=O)OC(CCC/C=C\CCCCCCCC)CCCCCCCC(=O)O. The second kappa shape index (κ2) is 37.1. The minimum atomic E-state index is -0.709. The summed E-state index contributed by atoms with van der Waals surface area (Å²) in [6.07, 6.45) is 50.9. The molecule has 1 N–H and O–H groups in total. The van der Waals surface area contributed by atoms with Crippen LogP contribution in [0.1, 0.15) is 187 Å². The fourth-order valence-electron chi connectivity index (χ4n) is 5.41. The van der Waals surface area contributed by atoms with Crippen molar-refractivity contribution in [3.8, 4) is 0 Å². The zero-order valence-electron chi connectivity index (χ0n) is 30.1. The van der Waals surface area contributed by atoms with Crippen molar-refractivity contribution in [3.05, 3.63) is 60.8 Å². The topological polar surface area (TPSA) is 63.6 Å². The van der Waals surface area contributed by atoms with Crippen LogP contribution in [0.3, 0.4) is 0 Å². The van der Waals surface area contributed by atoms with Gasteiger partial charge in [0, 0.05) is 12.8 Å². The highest BCUT2D eigenvalue weighted by Gasteiger charge is 2.14. The number of allylic oxidation sites excluding steroid dienone is 10. The highest BCUT2D eigenvalue weighted by molar-refractivity contribution is 5.69. The van der Waals surface area contributed by atoms with Crippen molar-refractivity contribution in [2.75, 3.05) is 0 Å². The lowest BCUT2D eigenvalue weighted by molar-refractivity contribution is -0.150. The van der Waals surface area contributed by atoms with Gasteiger partial charge < -0.3 is 9.84 Å². The molecule has 0 fully saturated rings. The molecule has 46 heavy (non-hydrogen) atoms. The van der Waals surface area contributed by atoms with Gasteiger partial charge >= 0.3 is 11.9 Å². The van der Waals surface area contributed by atoms with E-state index in [9.17, 15) is 9.59 Å². The molecule has 0 spiro atoms. The number of carboxylic acids is 1. The minimum Gasteiger partial charge on any atom is -0.481 e. The van der Waals surface area contributed by atoms with Crippen molar-refractivity contribution in [1.29, 1.82) is 0 Å². The quantitative estimate of drug-likeness (QED) is 0.0432. The number of carbonyl (C=O) groups is 2. The number of rotatable bonds is 34. The highest BCUT2D eigenvalue weighted by Crippen LogP contribution is 2.17. The second-order valence-corrected chi connectivity index (χ2v) is 12.7. The van der Waals surface area contributed by atoms with Crippen LogP contribution in [0.5, 0.6) is 0 Å². The van der Waals surface area contributed by atoms with E-state index in [1.54, 1.807) is 0 Å². The van der Waals surface area contributed by atoms with E-state index < -0.39 is 5.97 Å². The first-order valence-corrected chi connectivity index (χ1v) is 19.3. The summed E-state index contributed by atoms with van der Waals surface area (Å²) >= 11 is 0. The Morgan fingerprint density at radius 2 is 0.935 bits per heavy atom. The molecule has 4 heteroatoms. The van der Waals surface area contributed by atoms with E-state index in [0.717, 1.165) is 109 Å². The molecule has 0 aliphatic heterocycles. The van der Waals surface area contributed by atoms with Crippen LogP contribution in [0.25, 0.3) is 0 Å². The molecule has 0 aromatic heterocycles. The Balaban J connectivity index is 4.14. The first-order chi connectivity index (χ1) is 22.6. The first kappa shape index (κ1) is 43.6. The average molecular weight is 641 g/mol. The van der Waals surface area contributed by atoms with E-state index in [4.69, 9.17) is 9.84 Å². The Morgan fingerprint density at radius 1 is 0.500 bits per heavy atom. The molecule has 0 radical (unpaired) electrons. The molecule has 0 rings (SSSR count). The van der Waals surface area contributed by atoms with Crippen molar-refractivity contribution in [2.24, 2.45) is 0 Å². The average Bonchev–Trinajstić information content (AvgIpc) is 3.04. The number of unbranched alkanes of at least 4 members (excludes halogenated alkanes) is 15. The van der Waals surface area contributed by atoms with Gasteiger partial charge in [-0.15, -0.1) is 0 Å². The monoisotopic (exact) mass is 641 g/mol. The predicted molar refractivity (Wildman–Crippen MR) is 199 cm³/mol. The molecule has 0 saturated heterocycles. The number of aliphatic carboxylic acids is 1. The number of hydrogen-bond donors (Lipinski definition) is 1. The van der Waals surface area contributed by atoms with Crippen LogP contribution in [0.2, 0.25) is 0 Å². The van der Waals surface area contributed by atoms with Crippen molar-refractivity contribution in [1.82, 2.24) is 0 Å². The third-order valence-corrected chi connectivity index (χ3v) is 8.22. The number of hydrogen-bond acceptors (Lipinski definition) is 3. The maximum Gasteiger partial charge on any atom is 0.306 e. The third-order valence-electron chi connectivity index (χ3n) is 8.22. The summed E-state index contributed by atoms with van der Waals surface area (Å²) in [6, 6.07) is 0. The molecule has 0 aromatic rings. The van der Waals surface area contributed by atoms with E-state index in [1.165, 1.54) is 51.4 Å². The standard InChI is InChI=1S/C42H72O4/c1-3-5-7-9-11-13-15-16-17-18-19-20-22-24-26-31-35-39-42(45)46-40(37-33-29-27-30-34-38-41(43)44)36-32-28-25-23-21-14-12-10-8-6-4-2/h5,7,11,13,16-17,19-20,23,25,40H,3-4,6,8-10,12,14-15,18,21-22,24,26-39H2,1-2H3,(H,43,44)/b7-5-,13-11-,17-16-,20-19-,25-23-. The van der Waals surface area contributed by atoms with Gasteiger partial charge in [0.05, 0.1) is 0 Å². The number of esters is 1. The van der Waals surface area contributed by atoms with Gasteiger partial charge in [-0.2, -0.15) is 0 Å². The highest BCUT2D eigenvalue weighted by atomic mass is 16.5. The van der Waals surface area contributed by atoms with E-state index in [2.05, 4.69) is 74.6 Å². The van der Waals surface area contributed by atoms with Gasteiger partial charge in [-0.05, 0) is 96.3 Å². The van der Waals surface area contributed by atoms with Gasteiger partial charge in [0.25, 0.3) is 0 Å². The lowest BCUT2D eigenvalue weighted by Gasteiger charge is -2.18. The van der Waals surface area contributed by atoms with Gasteiger partial charge in [0.2, 0.25) is 0 Å².